The first-order chi connectivity index (χ1) is 11.0. The van der Waals surface area contributed by atoms with E-state index in [1.807, 2.05) is 0 Å². The Balaban J connectivity index is 1.92. The van der Waals surface area contributed by atoms with E-state index in [-0.39, 0.29) is 11.8 Å². The third-order valence-corrected chi connectivity index (χ3v) is 4.09. The minimum atomic E-state index is -0.126. The molecule has 0 bridgehead atoms. The minimum Gasteiger partial charge on any atom is -0.496 e. The molecule has 2 rings (SSSR count). The topological polar surface area (TPSA) is 49.9 Å². The second-order valence-electron chi connectivity index (χ2n) is 5.46. The summed E-state index contributed by atoms with van der Waals surface area (Å²) < 4.78 is 5.24. The monoisotopic (exact) mass is 336 g/mol. The number of ether oxygens (including phenoxy) is 1. The fourth-order valence-corrected chi connectivity index (χ4v) is 2.63. The molecule has 1 fully saturated rings. The van der Waals surface area contributed by atoms with Gasteiger partial charge in [-0.05, 0) is 30.7 Å². The van der Waals surface area contributed by atoms with Crippen LogP contribution in [0.5, 0.6) is 5.75 Å². The van der Waals surface area contributed by atoms with E-state index in [1.54, 1.807) is 48.2 Å². The lowest BCUT2D eigenvalue weighted by Crippen LogP contribution is -2.36. The first kappa shape index (κ1) is 17.3. The van der Waals surface area contributed by atoms with Gasteiger partial charge in [-0.1, -0.05) is 11.6 Å². The third kappa shape index (κ3) is 4.73. The van der Waals surface area contributed by atoms with Crippen LogP contribution in [0.15, 0.2) is 24.3 Å². The molecule has 2 amide bonds. The molecule has 0 saturated carbocycles. The van der Waals surface area contributed by atoms with Gasteiger partial charge in [-0.15, -0.1) is 0 Å². The highest BCUT2D eigenvalue weighted by Crippen LogP contribution is 2.23. The second kappa shape index (κ2) is 8.02. The lowest BCUT2D eigenvalue weighted by atomic mass is 10.2. The fraction of sp³-hybridized carbons (Fsp3) is 0.412. The summed E-state index contributed by atoms with van der Waals surface area (Å²) in [6, 6.07) is 5.24. The predicted octanol–water partition coefficient (Wildman–Crippen LogP) is 2.44. The van der Waals surface area contributed by atoms with Crippen molar-refractivity contribution < 1.29 is 14.3 Å². The van der Waals surface area contributed by atoms with Gasteiger partial charge in [0.25, 0.3) is 0 Å². The van der Waals surface area contributed by atoms with Crippen LogP contribution in [0.4, 0.5) is 0 Å². The average molecular weight is 337 g/mol. The molecule has 1 aliphatic heterocycles. The lowest BCUT2D eigenvalue weighted by Gasteiger charge is -2.20. The Labute approximate surface area is 141 Å². The van der Waals surface area contributed by atoms with Gasteiger partial charge in [-0.3, -0.25) is 9.59 Å². The van der Waals surface area contributed by atoms with Crippen molar-refractivity contribution >= 4 is 29.5 Å². The molecule has 1 saturated heterocycles. The Morgan fingerprint density at radius 2 is 2.26 bits per heavy atom. The highest BCUT2D eigenvalue weighted by molar-refractivity contribution is 6.30. The van der Waals surface area contributed by atoms with E-state index in [1.165, 1.54) is 6.08 Å². The van der Waals surface area contributed by atoms with Crippen molar-refractivity contribution in [2.24, 2.45) is 0 Å². The van der Waals surface area contributed by atoms with Gasteiger partial charge in [0.1, 0.15) is 5.75 Å². The van der Waals surface area contributed by atoms with Crippen molar-refractivity contribution in [1.29, 1.82) is 0 Å². The zero-order chi connectivity index (χ0) is 16.8. The molecular weight excluding hydrogens is 316 g/mol. The summed E-state index contributed by atoms with van der Waals surface area (Å²) in [6.07, 6.45) is 4.70. The smallest absolute Gasteiger partial charge is 0.246 e. The van der Waals surface area contributed by atoms with Crippen molar-refractivity contribution in [3.05, 3.63) is 34.9 Å². The zero-order valence-corrected chi connectivity index (χ0v) is 14.2. The highest BCUT2D eigenvalue weighted by atomic mass is 35.5. The number of carbonyl (C=O) groups is 2. The van der Waals surface area contributed by atoms with E-state index < -0.39 is 0 Å². The Hall–Kier alpha value is -2.01. The Kier molecular flexibility index (Phi) is 6.04. The lowest BCUT2D eigenvalue weighted by molar-refractivity contribution is -0.130. The zero-order valence-electron chi connectivity index (χ0n) is 13.4. The van der Waals surface area contributed by atoms with Crippen molar-refractivity contribution in [1.82, 2.24) is 9.80 Å². The van der Waals surface area contributed by atoms with Crippen LogP contribution in [0.25, 0.3) is 6.08 Å². The molecule has 0 aromatic heterocycles. The molecule has 6 heteroatoms. The van der Waals surface area contributed by atoms with Gasteiger partial charge < -0.3 is 14.5 Å². The molecule has 0 radical (unpaired) electrons. The number of hydrogen-bond acceptors (Lipinski definition) is 3. The summed E-state index contributed by atoms with van der Waals surface area (Å²) in [5.41, 5.74) is 0.747. The molecule has 124 valence electrons. The van der Waals surface area contributed by atoms with Crippen molar-refractivity contribution in [3.8, 4) is 5.75 Å². The maximum Gasteiger partial charge on any atom is 0.246 e. The number of likely N-dealkylation sites (tertiary alicyclic amines) is 1. The van der Waals surface area contributed by atoms with E-state index in [0.29, 0.717) is 30.3 Å². The van der Waals surface area contributed by atoms with E-state index >= 15 is 0 Å². The largest absolute Gasteiger partial charge is 0.496 e. The number of halogens is 1. The maximum atomic E-state index is 12.1. The molecular formula is C17H21ClN2O3. The predicted molar refractivity (Wildman–Crippen MR) is 90.5 cm³/mol. The molecule has 0 unspecified atom stereocenters. The minimum absolute atomic E-state index is 0.126. The van der Waals surface area contributed by atoms with Crippen LogP contribution in [0.1, 0.15) is 18.4 Å². The molecule has 1 heterocycles. The van der Waals surface area contributed by atoms with Gasteiger partial charge in [-0.2, -0.15) is 0 Å². The van der Waals surface area contributed by atoms with Gasteiger partial charge in [0.15, 0.2) is 0 Å². The summed E-state index contributed by atoms with van der Waals surface area (Å²) >= 11 is 5.97. The molecule has 0 aliphatic carbocycles. The van der Waals surface area contributed by atoms with Crippen LogP contribution in [0.2, 0.25) is 5.02 Å². The van der Waals surface area contributed by atoms with Crippen LogP contribution in [-0.2, 0) is 9.59 Å². The first-order valence-electron chi connectivity index (χ1n) is 7.55. The van der Waals surface area contributed by atoms with Gasteiger partial charge in [0.05, 0.1) is 7.11 Å². The first-order valence-corrected chi connectivity index (χ1v) is 7.93. The number of methoxy groups -OCH3 is 1. The fourth-order valence-electron chi connectivity index (χ4n) is 2.45. The number of rotatable bonds is 6. The van der Waals surface area contributed by atoms with Gasteiger partial charge in [0.2, 0.25) is 11.8 Å². The van der Waals surface area contributed by atoms with Gasteiger partial charge in [-0.25, -0.2) is 0 Å². The van der Waals surface area contributed by atoms with Crippen LogP contribution in [-0.4, -0.2) is 55.4 Å². The molecule has 0 N–H and O–H groups in total. The van der Waals surface area contributed by atoms with Gasteiger partial charge >= 0.3 is 0 Å². The van der Waals surface area contributed by atoms with E-state index in [4.69, 9.17) is 16.3 Å². The third-order valence-electron chi connectivity index (χ3n) is 3.85. The Bertz CT molecular complexity index is 616. The van der Waals surface area contributed by atoms with Crippen LogP contribution < -0.4 is 4.74 Å². The molecule has 0 atom stereocenters. The Morgan fingerprint density at radius 3 is 2.91 bits per heavy atom. The number of hydrogen-bond donors (Lipinski definition) is 0. The number of amides is 2. The highest BCUT2D eigenvalue weighted by Gasteiger charge is 2.20. The van der Waals surface area contributed by atoms with E-state index in [0.717, 1.165) is 18.5 Å². The van der Waals surface area contributed by atoms with E-state index in [2.05, 4.69) is 0 Å². The summed E-state index contributed by atoms with van der Waals surface area (Å²) in [4.78, 5) is 27.1. The van der Waals surface area contributed by atoms with Crippen LogP contribution in [0, 0.1) is 0 Å². The summed E-state index contributed by atoms with van der Waals surface area (Å²) in [5.74, 6) is 0.701. The summed E-state index contributed by atoms with van der Waals surface area (Å²) in [5, 5.41) is 0.582. The Morgan fingerprint density at radius 1 is 1.48 bits per heavy atom. The maximum absolute atomic E-state index is 12.1. The molecule has 1 aromatic rings. The van der Waals surface area contributed by atoms with Crippen molar-refractivity contribution in [3.63, 3.8) is 0 Å². The molecule has 23 heavy (non-hydrogen) atoms. The number of benzene rings is 1. The van der Waals surface area contributed by atoms with Gasteiger partial charge in [0, 0.05) is 49.8 Å². The van der Waals surface area contributed by atoms with Crippen LogP contribution >= 0.6 is 11.6 Å². The van der Waals surface area contributed by atoms with Crippen molar-refractivity contribution in [2.45, 2.75) is 12.8 Å². The number of carbonyl (C=O) groups excluding carboxylic acids is 2. The van der Waals surface area contributed by atoms with E-state index in [9.17, 15) is 9.59 Å². The standard InChI is InChI=1S/C17H21ClN2O3/c1-19(10-11-20-9-3-4-17(20)22)16(21)8-5-13-12-14(18)6-7-15(13)23-2/h5-8,12H,3-4,9-11H2,1-2H3/b8-5-. The number of nitrogens with zero attached hydrogens (tertiary/aromatic N) is 2. The quantitative estimate of drug-likeness (QED) is 0.750. The second-order valence-corrected chi connectivity index (χ2v) is 5.90. The SMILES string of the molecule is COc1ccc(Cl)cc1/C=C\C(=O)N(C)CCN1CCCC1=O. The number of likely N-dealkylation sites (N-methyl/N-ethyl adjacent to an activating group) is 1. The normalized spacial score (nSPS) is 14.6. The van der Waals surface area contributed by atoms with Crippen molar-refractivity contribution in [2.75, 3.05) is 33.8 Å². The average Bonchev–Trinajstić information content (AvgIpc) is 2.95. The van der Waals surface area contributed by atoms with Crippen LogP contribution in [0.3, 0.4) is 0 Å². The molecule has 1 aliphatic rings. The summed E-state index contributed by atoms with van der Waals surface area (Å²) in [7, 11) is 3.30. The molecule has 1 aromatic carbocycles. The summed E-state index contributed by atoms with van der Waals surface area (Å²) in [6.45, 7) is 1.88. The molecule has 0 spiro atoms. The molecule has 5 nitrogen and oxygen atoms in total.